The normalized spacial score (nSPS) is 31.0. The topological polar surface area (TPSA) is 200 Å². The van der Waals surface area contributed by atoms with Crippen molar-refractivity contribution in [1.29, 1.82) is 0 Å². The average molecular weight is 439 g/mol. The predicted octanol–water partition coefficient (Wildman–Crippen LogP) is -2.52. The fraction of sp³-hybridized carbons (Fsp3) is 0.909. The van der Waals surface area contributed by atoms with Crippen LogP contribution >= 0.6 is 11.8 Å². The molecule has 12 nitrogen and oxygen atoms in total. The number of thioether (sulfide) groups is 1. The molecule has 1 aliphatic rings. The Morgan fingerprint density at radius 2 is 1.77 bits per heavy atom. The Bertz CT molecular complexity index is 690. The molecule has 1 aliphatic heterocycles. The summed E-state index contributed by atoms with van der Waals surface area (Å²) in [6, 6.07) is 0. The van der Waals surface area contributed by atoms with E-state index < -0.39 is 56.7 Å². The van der Waals surface area contributed by atoms with Crippen LogP contribution in [0.4, 0.5) is 0 Å². The highest BCUT2D eigenvalue weighted by atomic mass is 32.3. The molecule has 1 rings (SSSR count). The van der Waals surface area contributed by atoms with Gasteiger partial charge < -0.3 is 25.2 Å². The molecule has 5 N–H and O–H groups in total. The SMILES string of the molecule is CS(=O)(=O)CCCC(=NOS(=O)(=O)O)SC1OC(CO)C(O)C(O)C1O. The number of nitrogens with zero attached hydrogens (tertiary/aromatic N) is 1. The molecule has 154 valence electrons. The second-order valence-electron chi connectivity index (χ2n) is 5.54. The first-order chi connectivity index (χ1) is 11.8. The fourth-order valence-electron chi connectivity index (χ4n) is 2.00. The lowest BCUT2D eigenvalue weighted by Crippen LogP contribution is -2.57. The number of sulfone groups is 1. The summed E-state index contributed by atoms with van der Waals surface area (Å²) in [6.07, 6.45) is -5.12. The molecular weight excluding hydrogens is 418 g/mol. The van der Waals surface area contributed by atoms with E-state index in [-0.39, 0.29) is 23.6 Å². The number of hydrogen-bond acceptors (Lipinski definition) is 12. The van der Waals surface area contributed by atoms with Crippen molar-refractivity contribution in [1.82, 2.24) is 0 Å². The van der Waals surface area contributed by atoms with E-state index in [1.165, 1.54) is 0 Å². The first kappa shape index (κ1) is 23.5. The van der Waals surface area contributed by atoms with E-state index in [9.17, 15) is 32.2 Å². The van der Waals surface area contributed by atoms with Gasteiger partial charge in [0.25, 0.3) is 0 Å². The van der Waals surface area contributed by atoms with E-state index in [0.717, 1.165) is 6.26 Å². The molecule has 0 radical (unpaired) electrons. The second-order valence-corrected chi connectivity index (χ2v) is 9.97. The van der Waals surface area contributed by atoms with E-state index in [4.69, 9.17) is 14.4 Å². The standard InChI is InChI=1S/C11H21NO11S3/c1-25(17,18)4-2-3-7(12-23-26(19,20)21)24-11-10(16)9(15)8(14)6(5-13)22-11/h6,8-11,13-16H,2-5H2,1H3,(H,19,20,21). The van der Waals surface area contributed by atoms with Crippen LogP contribution in [-0.4, -0.2) is 95.3 Å². The lowest BCUT2D eigenvalue weighted by Gasteiger charge is -2.39. The Kier molecular flexibility index (Phi) is 8.69. The largest absolute Gasteiger partial charge is 0.466 e. The van der Waals surface area contributed by atoms with Crippen molar-refractivity contribution in [3.05, 3.63) is 0 Å². The van der Waals surface area contributed by atoms with E-state index in [1.807, 2.05) is 0 Å². The number of hydrogen-bond donors (Lipinski definition) is 5. The quantitative estimate of drug-likeness (QED) is 0.115. The Morgan fingerprint density at radius 1 is 1.15 bits per heavy atom. The molecule has 0 aliphatic carbocycles. The third-order valence-corrected chi connectivity index (χ3v) is 5.71. The van der Waals surface area contributed by atoms with Crippen molar-refractivity contribution < 1.29 is 50.8 Å². The van der Waals surface area contributed by atoms with Gasteiger partial charge in [0, 0.05) is 12.7 Å². The van der Waals surface area contributed by atoms with Crippen molar-refractivity contribution in [2.45, 2.75) is 42.7 Å². The minimum atomic E-state index is -4.91. The van der Waals surface area contributed by atoms with Crippen LogP contribution in [0.5, 0.6) is 0 Å². The minimum Gasteiger partial charge on any atom is -0.394 e. The Hall–Kier alpha value is -0.520. The van der Waals surface area contributed by atoms with Crippen molar-refractivity contribution in [3.63, 3.8) is 0 Å². The maximum absolute atomic E-state index is 11.2. The zero-order chi connectivity index (χ0) is 20.1. The first-order valence-corrected chi connectivity index (χ1v) is 11.5. The monoisotopic (exact) mass is 439 g/mol. The Morgan fingerprint density at radius 3 is 2.27 bits per heavy atom. The molecular formula is C11H21NO11S3. The van der Waals surface area contributed by atoms with E-state index >= 15 is 0 Å². The maximum Gasteiger partial charge on any atom is 0.466 e. The molecule has 0 spiro atoms. The second kappa shape index (κ2) is 9.61. The molecule has 26 heavy (non-hydrogen) atoms. The summed E-state index contributed by atoms with van der Waals surface area (Å²) in [5, 5.41) is 41.6. The summed E-state index contributed by atoms with van der Waals surface area (Å²) >= 11 is 0.590. The summed E-state index contributed by atoms with van der Waals surface area (Å²) in [5.74, 6) is -0.243. The lowest BCUT2D eigenvalue weighted by molar-refractivity contribution is -0.205. The molecule has 15 heteroatoms. The zero-order valence-corrected chi connectivity index (χ0v) is 16.0. The molecule has 0 amide bonds. The van der Waals surface area contributed by atoms with Crippen molar-refractivity contribution >= 4 is 37.0 Å². The molecule has 1 fully saturated rings. The van der Waals surface area contributed by atoms with Crippen LogP contribution in [0.2, 0.25) is 0 Å². The van der Waals surface area contributed by atoms with Gasteiger partial charge in [-0.05, 0) is 6.42 Å². The highest BCUT2D eigenvalue weighted by Crippen LogP contribution is 2.30. The number of aliphatic hydroxyl groups excluding tert-OH is 4. The van der Waals surface area contributed by atoms with E-state index in [2.05, 4.69) is 9.44 Å². The molecule has 0 saturated carbocycles. The van der Waals surface area contributed by atoms with Gasteiger partial charge in [0.2, 0.25) is 0 Å². The van der Waals surface area contributed by atoms with Gasteiger partial charge in [-0.1, -0.05) is 16.9 Å². The van der Waals surface area contributed by atoms with Crippen LogP contribution < -0.4 is 0 Å². The molecule has 0 aromatic heterocycles. The number of oxime groups is 1. The molecule has 1 heterocycles. The third kappa shape index (κ3) is 8.01. The van der Waals surface area contributed by atoms with Crippen molar-refractivity contribution in [2.75, 3.05) is 18.6 Å². The summed E-state index contributed by atoms with van der Waals surface area (Å²) < 4.78 is 61.4. The van der Waals surface area contributed by atoms with Gasteiger partial charge in [-0.15, -0.1) is 0 Å². The van der Waals surface area contributed by atoms with Crippen LogP contribution in [0.25, 0.3) is 0 Å². The molecule has 5 atom stereocenters. The number of rotatable bonds is 8. The van der Waals surface area contributed by atoms with Crippen LogP contribution in [0.1, 0.15) is 12.8 Å². The third-order valence-electron chi connectivity index (χ3n) is 3.24. The van der Waals surface area contributed by atoms with Crippen LogP contribution in [0, 0.1) is 0 Å². The number of aliphatic hydroxyl groups is 4. The van der Waals surface area contributed by atoms with E-state index in [1.54, 1.807) is 0 Å². The zero-order valence-electron chi connectivity index (χ0n) is 13.6. The maximum atomic E-state index is 11.2. The molecule has 0 bridgehead atoms. The Balaban J connectivity index is 2.88. The van der Waals surface area contributed by atoms with Crippen LogP contribution in [-0.2, 0) is 29.3 Å². The van der Waals surface area contributed by atoms with Gasteiger partial charge in [-0.2, -0.15) is 8.42 Å². The highest BCUT2D eigenvalue weighted by Gasteiger charge is 2.44. The fourth-order valence-corrected chi connectivity index (χ4v) is 4.01. The Labute approximate surface area is 154 Å². The van der Waals surface area contributed by atoms with Gasteiger partial charge in [0.05, 0.1) is 12.4 Å². The van der Waals surface area contributed by atoms with Crippen LogP contribution in [0.3, 0.4) is 0 Å². The highest BCUT2D eigenvalue weighted by molar-refractivity contribution is 8.14. The average Bonchev–Trinajstić information content (AvgIpc) is 2.50. The molecule has 5 unspecified atom stereocenters. The van der Waals surface area contributed by atoms with Gasteiger partial charge in [0.15, 0.2) is 0 Å². The summed E-state index contributed by atoms with van der Waals surface area (Å²) in [7, 11) is -8.21. The lowest BCUT2D eigenvalue weighted by atomic mass is 10.0. The summed E-state index contributed by atoms with van der Waals surface area (Å²) in [4.78, 5) is 0. The minimum absolute atomic E-state index is 0.0247. The smallest absolute Gasteiger partial charge is 0.394 e. The molecule has 0 aromatic carbocycles. The van der Waals surface area contributed by atoms with Crippen LogP contribution in [0.15, 0.2) is 5.16 Å². The summed E-state index contributed by atoms with van der Waals surface area (Å²) in [5.41, 5.74) is -1.27. The molecule has 0 aromatic rings. The van der Waals surface area contributed by atoms with Crippen molar-refractivity contribution in [2.24, 2.45) is 5.16 Å². The first-order valence-electron chi connectivity index (χ1n) is 7.22. The van der Waals surface area contributed by atoms with E-state index in [0.29, 0.717) is 11.8 Å². The summed E-state index contributed by atoms with van der Waals surface area (Å²) in [6.45, 7) is -0.663. The number of ether oxygens (including phenoxy) is 1. The predicted molar refractivity (Wildman–Crippen MR) is 90.4 cm³/mol. The van der Waals surface area contributed by atoms with Gasteiger partial charge >= 0.3 is 10.4 Å². The van der Waals surface area contributed by atoms with Gasteiger partial charge in [0.1, 0.15) is 44.7 Å². The molecule has 1 saturated heterocycles. The van der Waals surface area contributed by atoms with Gasteiger partial charge in [-0.3, -0.25) is 4.55 Å². The van der Waals surface area contributed by atoms with Crippen molar-refractivity contribution in [3.8, 4) is 0 Å². The van der Waals surface area contributed by atoms with Gasteiger partial charge in [-0.25, -0.2) is 12.7 Å².